The molecule has 14 heavy (non-hydrogen) atoms. The van der Waals surface area contributed by atoms with Crippen LogP contribution in [0.5, 0.6) is 0 Å². The molecule has 0 heterocycles. The van der Waals surface area contributed by atoms with Crippen LogP contribution in [-0.4, -0.2) is 12.1 Å². The zero-order valence-corrected chi connectivity index (χ0v) is 8.66. The Morgan fingerprint density at radius 3 is 2.57 bits per heavy atom. The molecular formula is C10H16BNO2. The lowest BCUT2D eigenvalue weighted by atomic mass is 9.74. The van der Waals surface area contributed by atoms with Crippen molar-refractivity contribution in [3.05, 3.63) is 29.3 Å². The molecule has 0 aliphatic rings. The number of benzene rings is 1. The van der Waals surface area contributed by atoms with Crippen LogP contribution in [0.3, 0.4) is 0 Å². The SMILES string of the molecule is CCc1cccc(B(O)ON)c1CC. The van der Waals surface area contributed by atoms with Gasteiger partial charge in [0, 0.05) is 0 Å². The molecule has 0 radical (unpaired) electrons. The van der Waals surface area contributed by atoms with Crippen molar-refractivity contribution >= 4 is 12.6 Å². The Kier molecular flexibility index (Phi) is 4.13. The number of aryl methyl sites for hydroxylation is 1. The molecule has 1 aromatic rings. The minimum absolute atomic E-state index is 0.773. The van der Waals surface area contributed by atoms with E-state index in [0.717, 1.165) is 23.9 Å². The number of hydrogen-bond donors (Lipinski definition) is 2. The first-order valence-electron chi connectivity index (χ1n) is 4.88. The quantitative estimate of drug-likeness (QED) is 0.537. The van der Waals surface area contributed by atoms with Gasteiger partial charge in [-0.15, -0.1) is 0 Å². The minimum atomic E-state index is -1.02. The fraction of sp³-hybridized carbons (Fsp3) is 0.400. The van der Waals surface area contributed by atoms with E-state index in [4.69, 9.17) is 5.90 Å². The molecule has 0 bridgehead atoms. The maximum Gasteiger partial charge on any atom is 0.508 e. The molecule has 0 aliphatic carbocycles. The molecule has 0 fully saturated rings. The van der Waals surface area contributed by atoms with Gasteiger partial charge in [0.15, 0.2) is 0 Å². The predicted octanol–water partition coefficient (Wildman–Crippen LogP) is 0.389. The Bertz CT molecular complexity index is 304. The zero-order chi connectivity index (χ0) is 10.6. The number of rotatable bonds is 4. The maximum absolute atomic E-state index is 9.51. The van der Waals surface area contributed by atoms with Crippen molar-refractivity contribution in [2.75, 3.05) is 0 Å². The van der Waals surface area contributed by atoms with Crippen molar-refractivity contribution in [2.24, 2.45) is 5.90 Å². The van der Waals surface area contributed by atoms with Gasteiger partial charge >= 0.3 is 7.12 Å². The van der Waals surface area contributed by atoms with Gasteiger partial charge in [-0.05, 0) is 29.4 Å². The first-order chi connectivity index (χ1) is 6.74. The fourth-order valence-electron chi connectivity index (χ4n) is 1.72. The van der Waals surface area contributed by atoms with Crippen molar-refractivity contribution in [3.8, 4) is 0 Å². The standard InChI is InChI=1S/C10H16BNO2/c1-3-8-6-5-7-10(9(8)4-2)11(13)14-12/h5-7,13H,3-4,12H2,1-2H3. The summed E-state index contributed by atoms with van der Waals surface area (Å²) < 4.78 is 4.43. The van der Waals surface area contributed by atoms with Crippen LogP contribution < -0.4 is 11.4 Å². The van der Waals surface area contributed by atoms with Gasteiger partial charge < -0.3 is 9.78 Å². The number of nitrogens with two attached hydrogens (primary N) is 1. The molecule has 76 valence electrons. The van der Waals surface area contributed by atoms with Crippen LogP contribution in [-0.2, 0) is 17.6 Å². The van der Waals surface area contributed by atoms with E-state index >= 15 is 0 Å². The molecule has 1 aromatic carbocycles. The van der Waals surface area contributed by atoms with Gasteiger partial charge in [0.2, 0.25) is 0 Å². The molecule has 0 aromatic heterocycles. The number of hydrogen-bond acceptors (Lipinski definition) is 3. The van der Waals surface area contributed by atoms with E-state index in [1.807, 2.05) is 12.1 Å². The zero-order valence-electron chi connectivity index (χ0n) is 8.66. The smallest absolute Gasteiger partial charge is 0.422 e. The van der Waals surface area contributed by atoms with Crippen molar-refractivity contribution in [1.29, 1.82) is 0 Å². The second kappa shape index (κ2) is 5.15. The van der Waals surface area contributed by atoms with Crippen molar-refractivity contribution in [3.63, 3.8) is 0 Å². The maximum atomic E-state index is 9.51. The van der Waals surface area contributed by atoms with Gasteiger partial charge in [0.1, 0.15) is 0 Å². The van der Waals surface area contributed by atoms with Crippen LogP contribution in [0.2, 0.25) is 0 Å². The van der Waals surface area contributed by atoms with Crippen LogP contribution in [0.25, 0.3) is 0 Å². The fourth-order valence-corrected chi connectivity index (χ4v) is 1.72. The summed E-state index contributed by atoms with van der Waals surface area (Å²) in [4.78, 5) is 0. The third kappa shape index (κ3) is 2.15. The Labute approximate surface area is 85.0 Å². The highest BCUT2D eigenvalue weighted by Gasteiger charge is 2.19. The van der Waals surface area contributed by atoms with Crippen LogP contribution >= 0.6 is 0 Å². The van der Waals surface area contributed by atoms with Gasteiger partial charge in [-0.25, -0.2) is 5.90 Å². The Morgan fingerprint density at radius 1 is 1.36 bits per heavy atom. The summed E-state index contributed by atoms with van der Waals surface area (Å²) in [5, 5.41) is 9.51. The third-order valence-corrected chi connectivity index (χ3v) is 2.44. The molecule has 0 atom stereocenters. The van der Waals surface area contributed by atoms with E-state index in [-0.39, 0.29) is 0 Å². The van der Waals surface area contributed by atoms with Gasteiger partial charge in [0.25, 0.3) is 0 Å². The highest BCUT2D eigenvalue weighted by Crippen LogP contribution is 2.08. The summed E-state index contributed by atoms with van der Waals surface area (Å²) in [7, 11) is -1.02. The largest absolute Gasteiger partial charge is 0.508 e. The van der Waals surface area contributed by atoms with Gasteiger partial charge in [-0.3, -0.25) is 0 Å². The van der Waals surface area contributed by atoms with Crippen molar-refractivity contribution < 1.29 is 9.78 Å². The van der Waals surface area contributed by atoms with Gasteiger partial charge in [0.05, 0.1) is 0 Å². The first-order valence-corrected chi connectivity index (χ1v) is 4.88. The monoisotopic (exact) mass is 193 g/mol. The molecule has 3 N–H and O–H groups in total. The molecule has 0 saturated heterocycles. The van der Waals surface area contributed by atoms with Crippen LogP contribution in [0.15, 0.2) is 18.2 Å². The Morgan fingerprint density at radius 2 is 2.07 bits per heavy atom. The molecular weight excluding hydrogens is 177 g/mol. The summed E-state index contributed by atoms with van der Waals surface area (Å²) in [5.41, 5.74) is 3.14. The highest BCUT2D eigenvalue weighted by molar-refractivity contribution is 6.60. The summed E-state index contributed by atoms with van der Waals surface area (Å²) in [5.74, 6) is 4.97. The molecule has 4 heteroatoms. The topological polar surface area (TPSA) is 55.5 Å². The normalized spacial score (nSPS) is 10.3. The Hall–Kier alpha value is -0.835. The van der Waals surface area contributed by atoms with E-state index in [1.54, 1.807) is 0 Å². The van der Waals surface area contributed by atoms with Crippen molar-refractivity contribution in [2.45, 2.75) is 26.7 Å². The summed E-state index contributed by atoms with van der Waals surface area (Å²) in [6.07, 6.45) is 1.83. The minimum Gasteiger partial charge on any atom is -0.422 e. The van der Waals surface area contributed by atoms with Crippen LogP contribution in [0.1, 0.15) is 25.0 Å². The summed E-state index contributed by atoms with van der Waals surface area (Å²) >= 11 is 0. The van der Waals surface area contributed by atoms with Crippen LogP contribution in [0, 0.1) is 0 Å². The van der Waals surface area contributed by atoms with Crippen molar-refractivity contribution in [1.82, 2.24) is 0 Å². The van der Waals surface area contributed by atoms with Crippen LogP contribution in [0.4, 0.5) is 0 Å². The predicted molar refractivity (Wildman–Crippen MR) is 58.1 cm³/mol. The molecule has 0 amide bonds. The third-order valence-electron chi connectivity index (χ3n) is 2.44. The molecule has 1 rings (SSSR count). The van der Waals surface area contributed by atoms with E-state index in [1.165, 1.54) is 5.56 Å². The van der Waals surface area contributed by atoms with E-state index in [2.05, 4.69) is 24.7 Å². The molecule has 0 saturated carbocycles. The first kappa shape index (κ1) is 11.2. The van der Waals surface area contributed by atoms with E-state index in [9.17, 15) is 5.02 Å². The van der Waals surface area contributed by atoms with E-state index < -0.39 is 7.12 Å². The molecule has 0 aliphatic heterocycles. The average molecular weight is 193 g/mol. The summed E-state index contributed by atoms with van der Waals surface area (Å²) in [6, 6.07) is 5.82. The van der Waals surface area contributed by atoms with Gasteiger partial charge in [-0.2, -0.15) is 0 Å². The summed E-state index contributed by atoms with van der Waals surface area (Å²) in [6.45, 7) is 4.15. The second-order valence-corrected chi connectivity index (χ2v) is 3.18. The Balaban J connectivity index is 3.14. The van der Waals surface area contributed by atoms with E-state index in [0.29, 0.717) is 0 Å². The lowest BCUT2D eigenvalue weighted by molar-refractivity contribution is 0.281. The second-order valence-electron chi connectivity index (χ2n) is 3.18. The molecule has 0 unspecified atom stereocenters. The highest BCUT2D eigenvalue weighted by atomic mass is 16.6. The lowest BCUT2D eigenvalue weighted by Gasteiger charge is -2.12. The molecule has 0 spiro atoms. The lowest BCUT2D eigenvalue weighted by Crippen LogP contribution is -2.38. The molecule has 3 nitrogen and oxygen atoms in total. The average Bonchev–Trinajstić information content (AvgIpc) is 2.26. The van der Waals surface area contributed by atoms with Gasteiger partial charge in [-0.1, -0.05) is 32.0 Å².